The van der Waals surface area contributed by atoms with Gasteiger partial charge in [-0.3, -0.25) is 4.79 Å². The van der Waals surface area contributed by atoms with Crippen LogP contribution < -0.4 is 5.32 Å². The normalized spacial score (nSPS) is 14.8. The number of alkyl halides is 1. The third kappa shape index (κ3) is 3.02. The summed E-state index contributed by atoms with van der Waals surface area (Å²) in [7, 11) is 0. The van der Waals surface area contributed by atoms with E-state index >= 15 is 0 Å². The van der Waals surface area contributed by atoms with Gasteiger partial charge in [0.05, 0.1) is 4.88 Å². The number of amides is 1. The molecule has 2 rings (SSSR count). The van der Waals surface area contributed by atoms with E-state index in [2.05, 4.69) is 11.4 Å². The van der Waals surface area contributed by atoms with Gasteiger partial charge in [-0.15, -0.1) is 22.9 Å². The van der Waals surface area contributed by atoms with E-state index in [0.29, 0.717) is 5.88 Å². The Hall–Kier alpha value is -0.540. The third-order valence-electron chi connectivity index (χ3n) is 3.14. The molecule has 0 fully saturated rings. The molecule has 0 saturated heterocycles. The van der Waals surface area contributed by atoms with Crippen LogP contribution >= 0.6 is 22.9 Å². The van der Waals surface area contributed by atoms with Crippen molar-refractivity contribution in [3.63, 3.8) is 0 Å². The highest BCUT2D eigenvalue weighted by Gasteiger charge is 2.23. The highest BCUT2D eigenvalue weighted by Crippen LogP contribution is 2.30. The Kier molecular flexibility index (Phi) is 3.79. The second-order valence-electron chi connectivity index (χ2n) is 5.19. The minimum Gasteiger partial charge on any atom is -0.346 e. The van der Waals surface area contributed by atoms with Gasteiger partial charge in [-0.1, -0.05) is 0 Å². The maximum absolute atomic E-state index is 12.1. The van der Waals surface area contributed by atoms with E-state index in [1.165, 1.54) is 16.9 Å². The van der Waals surface area contributed by atoms with E-state index in [-0.39, 0.29) is 11.4 Å². The quantitative estimate of drug-likeness (QED) is 0.836. The first kappa shape index (κ1) is 12.9. The minimum absolute atomic E-state index is 0.0412. The number of hydrogen-bond acceptors (Lipinski definition) is 2. The fourth-order valence-electron chi connectivity index (χ4n) is 2.11. The lowest BCUT2D eigenvalue weighted by Gasteiger charge is -2.24. The Labute approximate surface area is 111 Å². The number of aryl methyl sites for hydroxylation is 2. The maximum atomic E-state index is 12.1. The molecule has 0 unspecified atom stereocenters. The van der Waals surface area contributed by atoms with Gasteiger partial charge in [0.1, 0.15) is 0 Å². The van der Waals surface area contributed by atoms with Crippen molar-refractivity contribution < 1.29 is 4.79 Å². The van der Waals surface area contributed by atoms with Crippen molar-refractivity contribution in [1.82, 2.24) is 5.32 Å². The van der Waals surface area contributed by atoms with Crippen molar-refractivity contribution in [1.29, 1.82) is 0 Å². The van der Waals surface area contributed by atoms with Crippen LogP contribution in [-0.2, 0) is 12.8 Å². The SMILES string of the molecule is CC(C)(CCCl)NC(=O)c1cc2c(s1)CCC2. The van der Waals surface area contributed by atoms with Gasteiger partial charge < -0.3 is 5.32 Å². The number of rotatable bonds is 4. The highest BCUT2D eigenvalue weighted by molar-refractivity contribution is 7.14. The average Bonchev–Trinajstić information content (AvgIpc) is 2.74. The molecule has 0 radical (unpaired) electrons. The Morgan fingerprint density at radius 1 is 1.53 bits per heavy atom. The molecule has 4 heteroatoms. The van der Waals surface area contributed by atoms with Crippen molar-refractivity contribution in [2.75, 3.05) is 5.88 Å². The first-order chi connectivity index (χ1) is 8.02. The molecule has 1 amide bonds. The van der Waals surface area contributed by atoms with Crippen LogP contribution in [0.3, 0.4) is 0 Å². The van der Waals surface area contributed by atoms with Gasteiger partial charge in [0.25, 0.3) is 5.91 Å². The standard InChI is InChI=1S/C13H18ClNOS/c1-13(2,6-7-14)15-12(16)11-8-9-4-3-5-10(9)17-11/h8H,3-7H2,1-2H3,(H,15,16). The summed E-state index contributed by atoms with van der Waals surface area (Å²) in [6, 6.07) is 2.05. The molecular weight excluding hydrogens is 254 g/mol. The van der Waals surface area contributed by atoms with Crippen LogP contribution in [0.5, 0.6) is 0 Å². The highest BCUT2D eigenvalue weighted by atomic mass is 35.5. The van der Waals surface area contributed by atoms with E-state index in [4.69, 9.17) is 11.6 Å². The van der Waals surface area contributed by atoms with Crippen LogP contribution in [0, 0.1) is 0 Å². The van der Waals surface area contributed by atoms with Crippen LogP contribution in [0.15, 0.2) is 6.07 Å². The summed E-state index contributed by atoms with van der Waals surface area (Å²) in [5.74, 6) is 0.605. The largest absolute Gasteiger partial charge is 0.346 e. The third-order valence-corrected chi connectivity index (χ3v) is 4.57. The van der Waals surface area contributed by atoms with Crippen molar-refractivity contribution in [2.45, 2.75) is 45.1 Å². The Bertz CT molecular complexity index is 404. The van der Waals surface area contributed by atoms with Gasteiger partial charge >= 0.3 is 0 Å². The molecule has 2 nitrogen and oxygen atoms in total. The molecule has 0 saturated carbocycles. The molecule has 1 N–H and O–H groups in total. The van der Waals surface area contributed by atoms with Crippen LogP contribution in [0.4, 0.5) is 0 Å². The Morgan fingerprint density at radius 2 is 2.29 bits per heavy atom. The van der Waals surface area contributed by atoms with Crippen molar-refractivity contribution in [3.05, 3.63) is 21.4 Å². The lowest BCUT2D eigenvalue weighted by atomic mass is 10.0. The summed E-state index contributed by atoms with van der Waals surface area (Å²) in [6.45, 7) is 4.02. The minimum atomic E-state index is -0.229. The van der Waals surface area contributed by atoms with Gasteiger partial charge in [0.15, 0.2) is 0 Å². The Balaban J connectivity index is 2.04. The molecule has 0 aromatic carbocycles. The topological polar surface area (TPSA) is 29.1 Å². The summed E-state index contributed by atoms with van der Waals surface area (Å²) in [5, 5.41) is 3.05. The summed E-state index contributed by atoms with van der Waals surface area (Å²) >= 11 is 7.37. The average molecular weight is 272 g/mol. The van der Waals surface area contributed by atoms with Crippen LogP contribution in [0.1, 0.15) is 46.8 Å². The van der Waals surface area contributed by atoms with Gasteiger partial charge in [-0.05, 0) is 51.2 Å². The van der Waals surface area contributed by atoms with Crippen LogP contribution in [-0.4, -0.2) is 17.3 Å². The second kappa shape index (κ2) is 4.99. The molecule has 1 aromatic heterocycles. The zero-order chi connectivity index (χ0) is 12.5. The predicted molar refractivity (Wildman–Crippen MR) is 73.2 cm³/mol. The summed E-state index contributed by atoms with van der Waals surface area (Å²) in [6.07, 6.45) is 4.29. The number of carbonyl (C=O) groups is 1. The van der Waals surface area contributed by atoms with E-state index in [1.54, 1.807) is 11.3 Å². The lowest BCUT2D eigenvalue weighted by molar-refractivity contribution is 0.0916. The molecular formula is C13H18ClNOS. The van der Waals surface area contributed by atoms with Gasteiger partial charge in [-0.25, -0.2) is 0 Å². The summed E-state index contributed by atoms with van der Waals surface area (Å²) < 4.78 is 0. The molecule has 1 aromatic rings. The molecule has 94 valence electrons. The maximum Gasteiger partial charge on any atom is 0.261 e. The van der Waals surface area contributed by atoms with E-state index in [0.717, 1.165) is 24.1 Å². The zero-order valence-corrected chi connectivity index (χ0v) is 11.9. The molecule has 1 aliphatic rings. The molecule has 1 aliphatic carbocycles. The van der Waals surface area contributed by atoms with Gasteiger partial charge in [-0.2, -0.15) is 0 Å². The zero-order valence-electron chi connectivity index (χ0n) is 10.3. The molecule has 17 heavy (non-hydrogen) atoms. The number of halogens is 1. The number of hydrogen-bond donors (Lipinski definition) is 1. The van der Waals surface area contributed by atoms with Crippen molar-refractivity contribution in [2.24, 2.45) is 0 Å². The predicted octanol–water partition coefficient (Wildman–Crippen LogP) is 3.37. The molecule has 1 heterocycles. The van der Waals surface area contributed by atoms with Crippen LogP contribution in [0.25, 0.3) is 0 Å². The number of carbonyl (C=O) groups excluding carboxylic acids is 1. The van der Waals surface area contributed by atoms with E-state index < -0.39 is 0 Å². The first-order valence-electron chi connectivity index (χ1n) is 6.02. The van der Waals surface area contributed by atoms with Gasteiger partial charge in [0, 0.05) is 16.3 Å². The summed E-state index contributed by atoms with van der Waals surface area (Å²) in [5.41, 5.74) is 1.14. The molecule has 0 aliphatic heterocycles. The molecule has 0 spiro atoms. The molecule has 0 atom stereocenters. The van der Waals surface area contributed by atoms with Crippen molar-refractivity contribution in [3.8, 4) is 0 Å². The smallest absolute Gasteiger partial charge is 0.261 e. The van der Waals surface area contributed by atoms with Crippen LogP contribution in [0.2, 0.25) is 0 Å². The van der Waals surface area contributed by atoms with E-state index in [9.17, 15) is 4.79 Å². The van der Waals surface area contributed by atoms with E-state index in [1.807, 2.05) is 13.8 Å². The number of fused-ring (bicyclic) bond motifs is 1. The first-order valence-corrected chi connectivity index (χ1v) is 7.37. The fourth-order valence-corrected chi connectivity index (χ4v) is 3.73. The Morgan fingerprint density at radius 3 is 2.94 bits per heavy atom. The monoisotopic (exact) mass is 271 g/mol. The second-order valence-corrected chi connectivity index (χ2v) is 6.70. The summed E-state index contributed by atoms with van der Waals surface area (Å²) in [4.78, 5) is 14.3. The fraction of sp³-hybridized carbons (Fsp3) is 0.615. The number of thiophene rings is 1. The number of nitrogens with one attached hydrogen (secondary N) is 1. The van der Waals surface area contributed by atoms with Crippen molar-refractivity contribution >= 4 is 28.8 Å². The molecule has 0 bridgehead atoms. The lowest BCUT2D eigenvalue weighted by Crippen LogP contribution is -2.43. The van der Waals surface area contributed by atoms with Gasteiger partial charge in [0.2, 0.25) is 0 Å².